The zero-order valence-corrected chi connectivity index (χ0v) is 34.7. The standard InChI is InChI=1S/C60H39NS/c1-2-15-40(16-3-1)49-23-8-9-24-50(49)42-31-34-47(35-32-42)61(57-29-14-30-58-59(57)55-36-33-41-17-4-7-26-52(41)60(55)62-58)48-22-13-20-44(38-48)43-19-12-21-45(37-43)56-39-46-18-5-6-25-51(46)53-27-10-11-28-54(53)56/h1-39H. The van der Waals surface area contributed by atoms with Crippen LogP contribution in [0.4, 0.5) is 17.1 Å². The summed E-state index contributed by atoms with van der Waals surface area (Å²) in [5.74, 6) is 0. The van der Waals surface area contributed by atoms with Crippen LogP contribution in [0, 0.1) is 0 Å². The Morgan fingerprint density at radius 1 is 0.290 bits per heavy atom. The van der Waals surface area contributed by atoms with Crippen LogP contribution in [0.25, 0.3) is 97.0 Å². The maximum absolute atomic E-state index is 2.46. The monoisotopic (exact) mass is 805 g/mol. The molecule has 0 bridgehead atoms. The third-order valence-corrected chi connectivity index (χ3v) is 13.6. The van der Waals surface area contributed by atoms with E-state index >= 15 is 0 Å². The van der Waals surface area contributed by atoms with Gasteiger partial charge in [-0.2, -0.15) is 0 Å². The lowest BCUT2D eigenvalue weighted by Crippen LogP contribution is -2.10. The molecule has 0 spiro atoms. The van der Waals surface area contributed by atoms with Crippen LogP contribution in [-0.4, -0.2) is 0 Å². The van der Waals surface area contributed by atoms with E-state index in [9.17, 15) is 0 Å². The van der Waals surface area contributed by atoms with Crippen molar-refractivity contribution in [2.75, 3.05) is 4.90 Å². The number of hydrogen-bond donors (Lipinski definition) is 0. The Morgan fingerprint density at radius 3 is 1.69 bits per heavy atom. The van der Waals surface area contributed by atoms with Crippen LogP contribution in [0.2, 0.25) is 0 Å². The molecule has 1 nitrogen and oxygen atoms in total. The Balaban J connectivity index is 1.02. The van der Waals surface area contributed by atoms with Gasteiger partial charge in [-0.25, -0.2) is 0 Å². The summed E-state index contributed by atoms with van der Waals surface area (Å²) in [5.41, 5.74) is 13.0. The van der Waals surface area contributed by atoms with Crippen LogP contribution in [0.15, 0.2) is 237 Å². The molecular formula is C60H39NS. The van der Waals surface area contributed by atoms with Crippen molar-refractivity contribution in [2.45, 2.75) is 0 Å². The summed E-state index contributed by atoms with van der Waals surface area (Å²) in [6, 6.07) is 86.7. The zero-order chi connectivity index (χ0) is 41.0. The molecule has 0 amide bonds. The molecule has 0 N–H and O–H groups in total. The molecule has 0 atom stereocenters. The first-order valence-corrected chi connectivity index (χ1v) is 22.1. The minimum Gasteiger partial charge on any atom is -0.310 e. The van der Waals surface area contributed by atoms with Crippen LogP contribution < -0.4 is 4.90 Å². The van der Waals surface area contributed by atoms with Crippen molar-refractivity contribution < 1.29 is 0 Å². The van der Waals surface area contributed by atoms with E-state index in [-0.39, 0.29) is 0 Å². The van der Waals surface area contributed by atoms with E-state index in [1.54, 1.807) is 0 Å². The molecule has 0 aliphatic carbocycles. The first-order valence-electron chi connectivity index (χ1n) is 21.2. The summed E-state index contributed by atoms with van der Waals surface area (Å²) in [6.07, 6.45) is 0. The Morgan fingerprint density at radius 2 is 0.887 bits per heavy atom. The van der Waals surface area contributed by atoms with E-state index in [1.807, 2.05) is 11.3 Å². The lowest BCUT2D eigenvalue weighted by molar-refractivity contribution is 1.30. The molecule has 2 heteroatoms. The third-order valence-electron chi connectivity index (χ3n) is 12.4. The molecule has 1 heterocycles. The van der Waals surface area contributed by atoms with Gasteiger partial charge in [0.15, 0.2) is 0 Å². The molecule has 0 unspecified atom stereocenters. The summed E-state index contributed by atoms with van der Waals surface area (Å²) >= 11 is 1.89. The van der Waals surface area contributed by atoms with E-state index in [0.29, 0.717) is 0 Å². The highest BCUT2D eigenvalue weighted by atomic mass is 32.1. The average molecular weight is 806 g/mol. The summed E-state index contributed by atoms with van der Waals surface area (Å²) in [6.45, 7) is 0. The van der Waals surface area contributed by atoms with E-state index in [4.69, 9.17) is 0 Å². The van der Waals surface area contributed by atoms with Crippen LogP contribution in [0.3, 0.4) is 0 Å². The number of thiophene rings is 1. The molecule has 290 valence electrons. The van der Waals surface area contributed by atoms with Gasteiger partial charge in [0.05, 0.1) is 5.69 Å². The van der Waals surface area contributed by atoms with Crippen LogP contribution in [-0.2, 0) is 0 Å². The van der Waals surface area contributed by atoms with Crippen molar-refractivity contribution in [1.82, 2.24) is 0 Å². The number of fused-ring (bicyclic) bond motifs is 8. The molecule has 0 aliphatic heterocycles. The average Bonchev–Trinajstić information content (AvgIpc) is 3.75. The topological polar surface area (TPSA) is 3.24 Å². The second kappa shape index (κ2) is 15.0. The van der Waals surface area contributed by atoms with Crippen molar-refractivity contribution in [3.05, 3.63) is 237 Å². The molecule has 12 aromatic rings. The van der Waals surface area contributed by atoms with Crippen LogP contribution in [0.1, 0.15) is 0 Å². The minimum absolute atomic E-state index is 1.10. The Bertz CT molecular complexity index is 3640. The smallest absolute Gasteiger partial charge is 0.0554 e. The van der Waals surface area contributed by atoms with Crippen LogP contribution in [0.5, 0.6) is 0 Å². The van der Waals surface area contributed by atoms with Gasteiger partial charge in [0.2, 0.25) is 0 Å². The maximum atomic E-state index is 2.46. The first kappa shape index (κ1) is 36.1. The maximum Gasteiger partial charge on any atom is 0.0554 e. The summed E-state index contributed by atoms with van der Waals surface area (Å²) in [4.78, 5) is 2.46. The van der Waals surface area contributed by atoms with Crippen molar-refractivity contribution in [3.63, 3.8) is 0 Å². The Hall–Kier alpha value is -7.78. The first-order chi connectivity index (χ1) is 30.7. The number of nitrogens with zero attached hydrogens (tertiary/aromatic N) is 1. The molecule has 0 saturated heterocycles. The fraction of sp³-hybridized carbons (Fsp3) is 0. The lowest BCUT2D eigenvalue weighted by Gasteiger charge is -2.27. The molecule has 11 aromatic carbocycles. The van der Waals surface area contributed by atoms with Crippen LogP contribution >= 0.6 is 11.3 Å². The molecule has 0 radical (unpaired) electrons. The van der Waals surface area contributed by atoms with Gasteiger partial charge < -0.3 is 4.90 Å². The Kier molecular flexibility index (Phi) is 8.76. The Labute approximate surface area is 365 Å². The van der Waals surface area contributed by atoms with E-state index in [0.717, 1.165) is 17.1 Å². The molecule has 12 rings (SSSR count). The number of benzene rings is 11. The van der Waals surface area contributed by atoms with Gasteiger partial charge in [0, 0.05) is 31.5 Å². The van der Waals surface area contributed by atoms with Gasteiger partial charge in [-0.05, 0) is 125 Å². The highest BCUT2D eigenvalue weighted by Crippen LogP contribution is 2.47. The summed E-state index contributed by atoms with van der Waals surface area (Å²) in [7, 11) is 0. The van der Waals surface area contributed by atoms with Gasteiger partial charge in [0.1, 0.15) is 0 Å². The normalized spacial score (nSPS) is 11.5. The quantitative estimate of drug-likeness (QED) is 0.145. The predicted molar refractivity (Wildman–Crippen MR) is 268 cm³/mol. The highest BCUT2D eigenvalue weighted by molar-refractivity contribution is 7.26. The van der Waals surface area contributed by atoms with Crippen molar-refractivity contribution in [1.29, 1.82) is 0 Å². The minimum atomic E-state index is 1.10. The highest BCUT2D eigenvalue weighted by Gasteiger charge is 2.21. The molecule has 0 fully saturated rings. The number of hydrogen-bond acceptors (Lipinski definition) is 2. The number of rotatable bonds is 7. The molecule has 0 saturated carbocycles. The van der Waals surface area contributed by atoms with E-state index < -0.39 is 0 Å². The van der Waals surface area contributed by atoms with E-state index in [2.05, 4.69) is 241 Å². The van der Waals surface area contributed by atoms with Crippen molar-refractivity contribution >= 4 is 80.9 Å². The lowest BCUT2D eigenvalue weighted by atomic mass is 9.92. The van der Waals surface area contributed by atoms with Gasteiger partial charge in [-0.15, -0.1) is 11.3 Å². The molecule has 62 heavy (non-hydrogen) atoms. The number of anilines is 3. The zero-order valence-electron chi connectivity index (χ0n) is 33.9. The van der Waals surface area contributed by atoms with E-state index in [1.165, 1.54) is 97.0 Å². The van der Waals surface area contributed by atoms with Gasteiger partial charge in [-0.3, -0.25) is 0 Å². The molecular weight excluding hydrogens is 767 g/mol. The second-order valence-corrected chi connectivity index (χ2v) is 17.1. The SMILES string of the molecule is c1ccc(-c2ccccc2-c2ccc(N(c3cccc(-c4cccc(-c5cc6ccccc6c6ccccc56)c4)c3)c3cccc4sc5c6ccccc6ccc5c34)cc2)cc1. The van der Waals surface area contributed by atoms with Crippen molar-refractivity contribution in [3.8, 4) is 44.5 Å². The van der Waals surface area contributed by atoms with Gasteiger partial charge in [-0.1, -0.05) is 188 Å². The predicted octanol–water partition coefficient (Wildman–Crippen LogP) is 17.7. The molecule has 0 aliphatic rings. The van der Waals surface area contributed by atoms with Gasteiger partial charge in [0.25, 0.3) is 0 Å². The fourth-order valence-corrected chi connectivity index (χ4v) is 10.8. The fourth-order valence-electron chi connectivity index (χ4n) is 9.53. The third kappa shape index (κ3) is 6.15. The summed E-state index contributed by atoms with van der Waals surface area (Å²) < 4.78 is 2.60. The van der Waals surface area contributed by atoms with Crippen molar-refractivity contribution in [2.24, 2.45) is 0 Å². The van der Waals surface area contributed by atoms with Gasteiger partial charge >= 0.3 is 0 Å². The largest absolute Gasteiger partial charge is 0.310 e. The summed E-state index contributed by atoms with van der Waals surface area (Å²) in [5, 5.41) is 10.2. The molecule has 1 aromatic heterocycles. The second-order valence-electron chi connectivity index (χ2n) is 16.0.